The van der Waals surface area contributed by atoms with Gasteiger partial charge >= 0.3 is 5.97 Å². The second kappa shape index (κ2) is 3.89. The number of carbonyl (C=O) groups is 1. The van der Waals surface area contributed by atoms with Crippen molar-refractivity contribution < 1.29 is 14.6 Å². The van der Waals surface area contributed by atoms with Crippen molar-refractivity contribution in [3.05, 3.63) is 39.8 Å². The summed E-state index contributed by atoms with van der Waals surface area (Å²) in [5, 5.41) is 9.59. The molecular formula is C11H10N2O4. The van der Waals surface area contributed by atoms with Gasteiger partial charge < -0.3 is 9.84 Å². The molecule has 0 saturated heterocycles. The maximum absolute atomic E-state index is 12.0. The standard InChI is InChI=1S/C11H10N2O4/c1-6-4-3-5-13-8(6)12-9(14)7(10(13)15)11(16)17-2/h3-5,14H,1-2H3. The fraction of sp³-hybridized carbons (Fsp3) is 0.182. The lowest BCUT2D eigenvalue weighted by Crippen LogP contribution is -2.24. The van der Waals surface area contributed by atoms with Crippen molar-refractivity contribution in [3.63, 3.8) is 0 Å². The molecule has 6 nitrogen and oxygen atoms in total. The Bertz CT molecular complexity index is 660. The summed E-state index contributed by atoms with van der Waals surface area (Å²) in [6, 6.07) is 3.41. The van der Waals surface area contributed by atoms with Crippen LogP contribution in [0.4, 0.5) is 0 Å². The zero-order valence-electron chi connectivity index (χ0n) is 9.30. The van der Waals surface area contributed by atoms with Gasteiger partial charge in [0.15, 0.2) is 5.56 Å². The first kappa shape index (κ1) is 11.1. The molecule has 0 radical (unpaired) electrons. The Morgan fingerprint density at radius 3 is 2.88 bits per heavy atom. The van der Waals surface area contributed by atoms with E-state index in [1.165, 1.54) is 10.6 Å². The first-order chi connectivity index (χ1) is 8.06. The molecule has 17 heavy (non-hydrogen) atoms. The van der Waals surface area contributed by atoms with Gasteiger partial charge in [-0.25, -0.2) is 4.79 Å². The molecule has 0 spiro atoms. The zero-order valence-corrected chi connectivity index (χ0v) is 9.30. The van der Waals surface area contributed by atoms with Crippen molar-refractivity contribution in [2.75, 3.05) is 7.11 Å². The number of esters is 1. The molecule has 2 heterocycles. The van der Waals surface area contributed by atoms with Crippen LogP contribution in [0.25, 0.3) is 5.65 Å². The minimum atomic E-state index is -0.907. The van der Waals surface area contributed by atoms with Gasteiger partial charge in [-0.3, -0.25) is 9.20 Å². The number of aromatic hydroxyl groups is 1. The summed E-state index contributed by atoms with van der Waals surface area (Å²) in [4.78, 5) is 27.1. The minimum absolute atomic E-state index is 0.308. The van der Waals surface area contributed by atoms with Crippen LogP contribution >= 0.6 is 0 Å². The fourth-order valence-electron chi connectivity index (χ4n) is 1.57. The molecule has 0 amide bonds. The number of methoxy groups -OCH3 is 1. The lowest BCUT2D eigenvalue weighted by Gasteiger charge is -2.06. The summed E-state index contributed by atoms with van der Waals surface area (Å²) < 4.78 is 5.62. The van der Waals surface area contributed by atoms with Crippen molar-refractivity contribution >= 4 is 11.6 Å². The van der Waals surface area contributed by atoms with Crippen LogP contribution in [0.15, 0.2) is 23.1 Å². The van der Waals surface area contributed by atoms with Crippen LogP contribution in [-0.2, 0) is 4.74 Å². The molecule has 0 fully saturated rings. The lowest BCUT2D eigenvalue weighted by atomic mass is 10.2. The van der Waals surface area contributed by atoms with Gasteiger partial charge in [0, 0.05) is 6.20 Å². The number of aromatic nitrogens is 2. The van der Waals surface area contributed by atoms with E-state index in [1.807, 2.05) is 0 Å². The van der Waals surface area contributed by atoms with Crippen LogP contribution in [0.2, 0.25) is 0 Å². The summed E-state index contributed by atoms with van der Waals surface area (Å²) in [5.74, 6) is -1.52. The molecule has 0 bridgehead atoms. The van der Waals surface area contributed by atoms with Gasteiger partial charge in [0.25, 0.3) is 5.56 Å². The highest BCUT2D eigenvalue weighted by atomic mass is 16.5. The number of nitrogens with zero attached hydrogens (tertiary/aromatic N) is 2. The third-order valence-electron chi connectivity index (χ3n) is 2.42. The van der Waals surface area contributed by atoms with Gasteiger partial charge in [0.2, 0.25) is 5.88 Å². The summed E-state index contributed by atoms with van der Waals surface area (Å²) in [5.41, 5.74) is -0.0855. The van der Waals surface area contributed by atoms with E-state index in [0.717, 1.165) is 12.7 Å². The van der Waals surface area contributed by atoms with E-state index >= 15 is 0 Å². The molecule has 0 saturated carbocycles. The van der Waals surface area contributed by atoms with Crippen LogP contribution in [0.3, 0.4) is 0 Å². The summed E-state index contributed by atoms with van der Waals surface area (Å²) in [6.45, 7) is 1.75. The van der Waals surface area contributed by atoms with Gasteiger partial charge in [0.1, 0.15) is 5.65 Å². The molecule has 88 valence electrons. The maximum atomic E-state index is 12.0. The number of rotatable bonds is 1. The Labute approximate surface area is 96.1 Å². The third kappa shape index (κ3) is 1.63. The van der Waals surface area contributed by atoms with Crippen LogP contribution in [0, 0.1) is 6.92 Å². The quantitative estimate of drug-likeness (QED) is 0.726. The van der Waals surface area contributed by atoms with Gasteiger partial charge in [-0.05, 0) is 18.6 Å². The van der Waals surface area contributed by atoms with E-state index in [1.54, 1.807) is 19.1 Å². The monoisotopic (exact) mass is 234 g/mol. The van der Waals surface area contributed by atoms with Crippen molar-refractivity contribution in [2.45, 2.75) is 6.92 Å². The zero-order chi connectivity index (χ0) is 12.6. The third-order valence-corrected chi connectivity index (χ3v) is 2.42. The Balaban J connectivity index is 2.91. The average Bonchev–Trinajstić information content (AvgIpc) is 2.30. The van der Waals surface area contributed by atoms with E-state index in [4.69, 9.17) is 0 Å². The number of fused-ring (bicyclic) bond motifs is 1. The molecule has 2 aromatic heterocycles. The van der Waals surface area contributed by atoms with Crippen molar-refractivity contribution in [3.8, 4) is 5.88 Å². The van der Waals surface area contributed by atoms with E-state index in [2.05, 4.69) is 9.72 Å². The molecule has 0 atom stereocenters. The first-order valence-electron chi connectivity index (χ1n) is 4.85. The Morgan fingerprint density at radius 2 is 2.24 bits per heavy atom. The number of ether oxygens (including phenoxy) is 1. The largest absolute Gasteiger partial charge is 0.492 e. The Kier molecular flexibility index (Phi) is 2.55. The highest BCUT2D eigenvalue weighted by Gasteiger charge is 2.20. The van der Waals surface area contributed by atoms with Crippen molar-refractivity contribution in [1.82, 2.24) is 9.38 Å². The van der Waals surface area contributed by atoms with Gasteiger partial charge in [0.05, 0.1) is 7.11 Å². The molecule has 2 aromatic rings. The molecule has 1 N–H and O–H groups in total. The normalized spacial score (nSPS) is 10.5. The van der Waals surface area contributed by atoms with Crippen LogP contribution in [0.1, 0.15) is 15.9 Å². The lowest BCUT2D eigenvalue weighted by molar-refractivity contribution is 0.0594. The Hall–Kier alpha value is -2.37. The molecule has 0 aliphatic carbocycles. The average molecular weight is 234 g/mol. The van der Waals surface area contributed by atoms with E-state index in [-0.39, 0.29) is 0 Å². The molecule has 0 aliphatic rings. The number of carbonyl (C=O) groups excluding carboxylic acids is 1. The van der Waals surface area contributed by atoms with Crippen molar-refractivity contribution in [1.29, 1.82) is 0 Å². The number of aryl methyl sites for hydroxylation is 1. The Morgan fingerprint density at radius 1 is 1.53 bits per heavy atom. The van der Waals surface area contributed by atoms with E-state index in [0.29, 0.717) is 5.65 Å². The second-order valence-electron chi connectivity index (χ2n) is 3.49. The van der Waals surface area contributed by atoms with Crippen LogP contribution < -0.4 is 5.56 Å². The highest BCUT2D eigenvalue weighted by molar-refractivity contribution is 5.91. The minimum Gasteiger partial charge on any atom is -0.492 e. The first-order valence-corrected chi connectivity index (χ1v) is 4.85. The van der Waals surface area contributed by atoms with Crippen LogP contribution in [-0.4, -0.2) is 27.6 Å². The molecule has 0 unspecified atom stereocenters. The number of pyridine rings is 1. The SMILES string of the molecule is COC(=O)c1c(O)nc2c(C)cccn2c1=O. The van der Waals surface area contributed by atoms with Gasteiger partial charge in [-0.15, -0.1) is 0 Å². The molecular weight excluding hydrogens is 224 g/mol. The van der Waals surface area contributed by atoms with E-state index < -0.39 is 23.0 Å². The van der Waals surface area contributed by atoms with Crippen molar-refractivity contribution in [2.24, 2.45) is 0 Å². The fourth-order valence-corrected chi connectivity index (χ4v) is 1.57. The molecule has 6 heteroatoms. The highest BCUT2D eigenvalue weighted by Crippen LogP contribution is 2.14. The second-order valence-corrected chi connectivity index (χ2v) is 3.49. The van der Waals surface area contributed by atoms with Gasteiger partial charge in [-0.2, -0.15) is 4.98 Å². The maximum Gasteiger partial charge on any atom is 0.349 e. The smallest absolute Gasteiger partial charge is 0.349 e. The van der Waals surface area contributed by atoms with E-state index in [9.17, 15) is 14.7 Å². The number of hydrogen-bond acceptors (Lipinski definition) is 5. The molecule has 2 rings (SSSR count). The molecule has 0 aromatic carbocycles. The summed E-state index contributed by atoms with van der Waals surface area (Å²) >= 11 is 0. The number of hydrogen-bond donors (Lipinski definition) is 1. The topological polar surface area (TPSA) is 80.9 Å². The predicted octanol–water partition coefficient (Wildman–Crippen LogP) is 0.495. The molecule has 0 aliphatic heterocycles. The summed E-state index contributed by atoms with van der Waals surface area (Å²) in [7, 11) is 1.13. The predicted molar refractivity (Wildman–Crippen MR) is 59.2 cm³/mol. The summed E-state index contributed by atoms with van der Waals surface area (Å²) in [6.07, 6.45) is 1.48. The van der Waals surface area contributed by atoms with Crippen LogP contribution in [0.5, 0.6) is 5.88 Å². The van der Waals surface area contributed by atoms with Gasteiger partial charge in [-0.1, -0.05) is 6.07 Å².